The van der Waals surface area contributed by atoms with E-state index < -0.39 is 0 Å². The van der Waals surface area contributed by atoms with Gasteiger partial charge in [0.25, 0.3) is 0 Å². The van der Waals surface area contributed by atoms with E-state index in [9.17, 15) is 0 Å². The molecule has 0 amide bonds. The van der Waals surface area contributed by atoms with Gasteiger partial charge in [0.15, 0.2) is 5.82 Å². The smallest absolute Gasteiger partial charge is 0.160 e. The van der Waals surface area contributed by atoms with Crippen molar-refractivity contribution in [1.82, 2.24) is 14.8 Å². The first-order valence-electron chi connectivity index (χ1n) is 10.8. The summed E-state index contributed by atoms with van der Waals surface area (Å²) in [4.78, 5) is 6.46. The monoisotopic (exact) mass is 406 g/mol. The molecule has 4 rings (SSSR count). The predicted molar refractivity (Wildman–Crippen MR) is 122 cm³/mol. The molecule has 3 heterocycles. The van der Waals surface area contributed by atoms with Crippen LogP contribution in [0.5, 0.6) is 0 Å². The minimum atomic E-state index is 0.567. The van der Waals surface area contributed by atoms with Gasteiger partial charge in [-0.05, 0) is 50.8 Å². The molecule has 0 aliphatic carbocycles. The van der Waals surface area contributed by atoms with Crippen LogP contribution in [0.15, 0.2) is 29.3 Å². The summed E-state index contributed by atoms with van der Waals surface area (Å²) < 4.78 is 2.21. The zero-order valence-electron chi connectivity index (χ0n) is 18.0. The molecule has 4 nitrogen and oxygen atoms in total. The lowest BCUT2D eigenvalue weighted by molar-refractivity contribution is 0.634. The van der Waals surface area contributed by atoms with E-state index in [0.717, 1.165) is 23.8 Å². The largest absolute Gasteiger partial charge is 0.276 e. The van der Waals surface area contributed by atoms with Crippen molar-refractivity contribution in [1.29, 1.82) is 0 Å². The van der Waals surface area contributed by atoms with Crippen molar-refractivity contribution in [2.75, 3.05) is 0 Å². The Morgan fingerprint density at radius 3 is 2.66 bits per heavy atom. The fourth-order valence-corrected chi connectivity index (χ4v) is 5.30. The van der Waals surface area contributed by atoms with Crippen LogP contribution < -0.4 is 0 Å². The third-order valence-electron chi connectivity index (χ3n) is 5.88. The number of hydrogen-bond donors (Lipinski definition) is 0. The molecule has 0 saturated carbocycles. The van der Waals surface area contributed by atoms with Crippen molar-refractivity contribution >= 4 is 17.0 Å². The molecule has 0 radical (unpaired) electrons. The van der Waals surface area contributed by atoms with Crippen LogP contribution in [0, 0.1) is 20.8 Å². The van der Waals surface area contributed by atoms with E-state index in [4.69, 9.17) is 4.99 Å². The Bertz CT molecular complexity index is 1040. The number of fused-ring (bicyclic) bond motifs is 3. The fourth-order valence-electron chi connectivity index (χ4n) is 4.04. The number of aromatic nitrogens is 3. The molecule has 2 aromatic heterocycles. The fraction of sp³-hybridized carbons (Fsp3) is 0.458. The number of benzene rings is 1. The van der Waals surface area contributed by atoms with E-state index in [1.54, 1.807) is 0 Å². The van der Waals surface area contributed by atoms with Gasteiger partial charge in [-0.1, -0.05) is 50.8 Å². The Hall–Kier alpha value is -2.27. The highest BCUT2D eigenvalue weighted by Gasteiger charge is 2.25. The van der Waals surface area contributed by atoms with Gasteiger partial charge in [0.1, 0.15) is 17.4 Å². The quantitative estimate of drug-likeness (QED) is 0.444. The summed E-state index contributed by atoms with van der Waals surface area (Å²) in [5.74, 6) is 1.87. The summed E-state index contributed by atoms with van der Waals surface area (Å²) in [5.41, 5.74) is 6.17. The van der Waals surface area contributed by atoms with Crippen molar-refractivity contribution in [2.24, 2.45) is 4.99 Å². The lowest BCUT2D eigenvalue weighted by atomic mass is 9.96. The second-order valence-corrected chi connectivity index (χ2v) is 9.12. The Labute approximate surface area is 177 Å². The maximum Gasteiger partial charge on any atom is 0.160 e. The van der Waals surface area contributed by atoms with Gasteiger partial charge < -0.3 is 0 Å². The highest BCUT2D eigenvalue weighted by molar-refractivity contribution is 7.15. The van der Waals surface area contributed by atoms with Crippen LogP contribution in [0.3, 0.4) is 0 Å². The van der Waals surface area contributed by atoms with Gasteiger partial charge in [-0.25, -0.2) is 0 Å². The average Bonchev–Trinajstić information content (AvgIpc) is 3.24. The zero-order chi connectivity index (χ0) is 20.4. The Balaban J connectivity index is 1.74. The van der Waals surface area contributed by atoms with Crippen LogP contribution in [0.1, 0.15) is 77.8 Å². The minimum absolute atomic E-state index is 0.567. The van der Waals surface area contributed by atoms with Crippen LogP contribution in [-0.4, -0.2) is 20.5 Å². The number of thiophene rings is 1. The van der Waals surface area contributed by atoms with Crippen molar-refractivity contribution < 1.29 is 0 Å². The molecule has 5 heteroatoms. The molecular weight excluding hydrogens is 376 g/mol. The summed E-state index contributed by atoms with van der Waals surface area (Å²) in [7, 11) is 0. The molecular formula is C24H30N4S. The molecule has 1 aromatic carbocycles. The van der Waals surface area contributed by atoms with E-state index in [1.165, 1.54) is 64.2 Å². The molecule has 29 heavy (non-hydrogen) atoms. The standard InChI is InChI=1S/C24H30N4S/c1-5-6-7-8-9-12-19-14-21-23(20-13-10-11-16(2)17(20)3)25-15-22-27-26-18(4)28(22)24(21)29-19/h10-11,13-14H,5-9,12,15H2,1-4H3. The molecule has 3 aromatic rings. The van der Waals surface area contributed by atoms with Crippen LogP contribution in [0.4, 0.5) is 0 Å². The number of aryl methyl sites for hydroxylation is 3. The molecule has 0 fully saturated rings. The topological polar surface area (TPSA) is 43.1 Å². The van der Waals surface area contributed by atoms with Gasteiger partial charge in [-0.2, -0.15) is 0 Å². The first kappa shape index (κ1) is 20.0. The van der Waals surface area contributed by atoms with E-state index in [0.29, 0.717) is 6.54 Å². The van der Waals surface area contributed by atoms with Gasteiger partial charge in [0.05, 0.1) is 5.71 Å². The number of nitrogens with zero attached hydrogens (tertiary/aromatic N) is 4. The van der Waals surface area contributed by atoms with Crippen molar-refractivity contribution in [3.63, 3.8) is 0 Å². The summed E-state index contributed by atoms with van der Waals surface area (Å²) in [6.07, 6.45) is 7.67. The van der Waals surface area contributed by atoms with Crippen molar-refractivity contribution in [3.05, 3.63) is 63.0 Å². The normalized spacial score (nSPS) is 13.0. The Kier molecular flexibility index (Phi) is 5.95. The van der Waals surface area contributed by atoms with Crippen molar-refractivity contribution in [2.45, 2.75) is 72.8 Å². The van der Waals surface area contributed by atoms with E-state index in [1.807, 2.05) is 18.3 Å². The van der Waals surface area contributed by atoms with Gasteiger partial charge in [-0.3, -0.25) is 9.56 Å². The second-order valence-electron chi connectivity index (χ2n) is 8.01. The van der Waals surface area contributed by atoms with Crippen molar-refractivity contribution in [3.8, 4) is 5.00 Å². The van der Waals surface area contributed by atoms with Gasteiger partial charge in [-0.15, -0.1) is 21.5 Å². The van der Waals surface area contributed by atoms with Crippen LogP contribution in [0.25, 0.3) is 5.00 Å². The van der Waals surface area contributed by atoms with E-state index in [2.05, 4.69) is 59.8 Å². The average molecular weight is 407 g/mol. The van der Waals surface area contributed by atoms with Crippen LogP contribution in [0.2, 0.25) is 0 Å². The summed E-state index contributed by atoms with van der Waals surface area (Å²) in [6.45, 7) is 9.24. The number of unbranched alkanes of at least 4 members (excludes halogenated alkanes) is 4. The third kappa shape index (κ3) is 3.93. The number of aliphatic imine (C=N–C) groups is 1. The second kappa shape index (κ2) is 8.62. The van der Waals surface area contributed by atoms with Gasteiger partial charge >= 0.3 is 0 Å². The van der Waals surface area contributed by atoms with Gasteiger partial charge in [0, 0.05) is 16.0 Å². The molecule has 0 spiro atoms. The molecule has 152 valence electrons. The number of rotatable bonds is 7. The Morgan fingerprint density at radius 2 is 1.83 bits per heavy atom. The van der Waals surface area contributed by atoms with Crippen LogP contribution in [-0.2, 0) is 13.0 Å². The highest BCUT2D eigenvalue weighted by Crippen LogP contribution is 2.34. The summed E-state index contributed by atoms with van der Waals surface area (Å²) in [5, 5.41) is 9.95. The van der Waals surface area contributed by atoms with Gasteiger partial charge in [0.2, 0.25) is 0 Å². The first-order valence-corrected chi connectivity index (χ1v) is 11.6. The maximum atomic E-state index is 5.03. The predicted octanol–water partition coefficient (Wildman–Crippen LogP) is 6.12. The van der Waals surface area contributed by atoms with Crippen LogP contribution >= 0.6 is 11.3 Å². The lowest BCUT2D eigenvalue weighted by Gasteiger charge is -2.11. The van der Waals surface area contributed by atoms with E-state index >= 15 is 0 Å². The summed E-state index contributed by atoms with van der Waals surface area (Å²) in [6, 6.07) is 8.88. The zero-order valence-corrected chi connectivity index (χ0v) is 18.8. The summed E-state index contributed by atoms with van der Waals surface area (Å²) >= 11 is 1.88. The highest BCUT2D eigenvalue weighted by atomic mass is 32.1. The molecule has 0 unspecified atom stereocenters. The molecule has 0 atom stereocenters. The molecule has 0 N–H and O–H groups in total. The Morgan fingerprint density at radius 1 is 1.00 bits per heavy atom. The molecule has 1 aliphatic heterocycles. The third-order valence-corrected chi connectivity index (χ3v) is 7.06. The lowest BCUT2D eigenvalue weighted by Crippen LogP contribution is -2.07. The molecule has 0 saturated heterocycles. The molecule has 0 bridgehead atoms. The number of hydrogen-bond acceptors (Lipinski definition) is 4. The minimum Gasteiger partial charge on any atom is -0.276 e. The maximum absolute atomic E-state index is 5.03. The van der Waals surface area contributed by atoms with E-state index in [-0.39, 0.29) is 0 Å². The first-order chi connectivity index (χ1) is 14.1. The SMILES string of the molecule is CCCCCCCc1cc2c(s1)-n1c(C)nnc1CN=C2c1cccc(C)c1C. The molecule has 1 aliphatic rings.